The van der Waals surface area contributed by atoms with Crippen LogP contribution in [0.15, 0.2) is 48.5 Å². The van der Waals surface area contributed by atoms with Gasteiger partial charge in [-0.15, -0.1) is 0 Å². The van der Waals surface area contributed by atoms with E-state index in [2.05, 4.69) is 22.8 Å². The second kappa shape index (κ2) is 10.6. The van der Waals surface area contributed by atoms with Crippen LogP contribution in [0.1, 0.15) is 25.8 Å². The summed E-state index contributed by atoms with van der Waals surface area (Å²) in [5.74, 6) is 1.78. The zero-order valence-electron chi connectivity index (χ0n) is 14.9. The van der Waals surface area contributed by atoms with Crippen LogP contribution in [-0.4, -0.2) is 24.9 Å². The van der Waals surface area contributed by atoms with E-state index in [0.29, 0.717) is 18.3 Å². The Hall–Kier alpha value is -2.27. The molecule has 25 heavy (non-hydrogen) atoms. The van der Waals surface area contributed by atoms with Gasteiger partial charge < -0.3 is 20.1 Å². The van der Waals surface area contributed by atoms with Gasteiger partial charge in [-0.2, -0.15) is 0 Å². The molecule has 0 aliphatic heterocycles. The van der Waals surface area contributed by atoms with Crippen LogP contribution in [0.4, 0.5) is 5.69 Å². The molecule has 4 nitrogen and oxygen atoms in total. The maximum Gasteiger partial charge on any atom is 0.170 e. The Morgan fingerprint density at radius 3 is 2.00 bits per heavy atom. The van der Waals surface area contributed by atoms with Crippen LogP contribution in [0, 0.1) is 0 Å². The van der Waals surface area contributed by atoms with Crippen LogP contribution in [0.3, 0.4) is 0 Å². The van der Waals surface area contributed by atoms with Crippen molar-refractivity contribution in [3.63, 3.8) is 0 Å². The van der Waals surface area contributed by atoms with Gasteiger partial charge in [0.2, 0.25) is 0 Å². The van der Waals surface area contributed by atoms with Gasteiger partial charge in [0.25, 0.3) is 0 Å². The van der Waals surface area contributed by atoms with Gasteiger partial charge in [0.15, 0.2) is 5.11 Å². The molecule has 0 saturated heterocycles. The molecule has 0 unspecified atom stereocenters. The van der Waals surface area contributed by atoms with E-state index >= 15 is 0 Å². The van der Waals surface area contributed by atoms with Crippen molar-refractivity contribution >= 4 is 23.0 Å². The number of benzene rings is 2. The van der Waals surface area contributed by atoms with Crippen molar-refractivity contribution in [3.05, 3.63) is 54.1 Å². The summed E-state index contributed by atoms with van der Waals surface area (Å²) in [6, 6.07) is 16.0. The molecule has 0 radical (unpaired) electrons. The van der Waals surface area contributed by atoms with Crippen LogP contribution in [-0.2, 0) is 6.42 Å². The summed E-state index contributed by atoms with van der Waals surface area (Å²) in [7, 11) is 0. The van der Waals surface area contributed by atoms with Gasteiger partial charge in [0.1, 0.15) is 11.5 Å². The van der Waals surface area contributed by atoms with Crippen molar-refractivity contribution in [2.75, 3.05) is 25.1 Å². The van der Waals surface area contributed by atoms with E-state index in [1.807, 2.05) is 50.2 Å². The largest absolute Gasteiger partial charge is 0.494 e. The zero-order chi connectivity index (χ0) is 17.9. The molecule has 0 fully saturated rings. The maximum absolute atomic E-state index is 5.45. The quantitative estimate of drug-likeness (QED) is 0.514. The van der Waals surface area contributed by atoms with Gasteiger partial charge in [-0.05, 0) is 80.9 Å². The summed E-state index contributed by atoms with van der Waals surface area (Å²) < 4.78 is 10.9. The van der Waals surface area contributed by atoms with Gasteiger partial charge in [-0.25, -0.2) is 0 Å². The Labute approximate surface area is 155 Å². The van der Waals surface area contributed by atoms with Crippen molar-refractivity contribution in [3.8, 4) is 11.5 Å². The molecule has 0 aliphatic rings. The smallest absolute Gasteiger partial charge is 0.170 e. The fourth-order valence-electron chi connectivity index (χ4n) is 2.39. The molecule has 0 heterocycles. The SMILES string of the molecule is CCOc1ccc(CCCNC(=S)Nc2ccc(OCC)cc2)cc1. The van der Waals surface area contributed by atoms with Crippen molar-refractivity contribution < 1.29 is 9.47 Å². The highest BCUT2D eigenvalue weighted by atomic mass is 32.1. The molecule has 134 valence electrons. The topological polar surface area (TPSA) is 42.5 Å². The molecule has 2 aromatic rings. The normalized spacial score (nSPS) is 10.2. The summed E-state index contributed by atoms with van der Waals surface area (Å²) in [4.78, 5) is 0. The highest BCUT2D eigenvalue weighted by Gasteiger charge is 1.99. The zero-order valence-corrected chi connectivity index (χ0v) is 15.7. The van der Waals surface area contributed by atoms with Crippen molar-refractivity contribution in [2.24, 2.45) is 0 Å². The van der Waals surface area contributed by atoms with Crippen LogP contribution < -0.4 is 20.1 Å². The Balaban J connectivity index is 1.66. The van der Waals surface area contributed by atoms with E-state index < -0.39 is 0 Å². The van der Waals surface area contributed by atoms with Gasteiger partial charge in [0, 0.05) is 12.2 Å². The molecule has 0 saturated carbocycles. The number of nitrogens with one attached hydrogen (secondary N) is 2. The number of aryl methyl sites for hydroxylation is 1. The predicted molar refractivity (Wildman–Crippen MR) is 108 cm³/mol. The lowest BCUT2D eigenvalue weighted by Gasteiger charge is -2.11. The summed E-state index contributed by atoms with van der Waals surface area (Å²) in [5.41, 5.74) is 2.25. The summed E-state index contributed by atoms with van der Waals surface area (Å²) >= 11 is 5.33. The molecular weight excluding hydrogens is 332 g/mol. The molecule has 5 heteroatoms. The van der Waals surface area contributed by atoms with Crippen LogP contribution in [0.25, 0.3) is 0 Å². The average molecular weight is 359 g/mol. The summed E-state index contributed by atoms with van der Waals surface area (Å²) in [6.07, 6.45) is 2.02. The van der Waals surface area contributed by atoms with Crippen molar-refractivity contribution in [1.82, 2.24) is 5.32 Å². The van der Waals surface area contributed by atoms with E-state index in [-0.39, 0.29) is 0 Å². The summed E-state index contributed by atoms with van der Waals surface area (Å²) in [6.45, 7) is 6.15. The first kappa shape index (κ1) is 19.1. The number of hydrogen-bond donors (Lipinski definition) is 2. The minimum absolute atomic E-state index is 0.635. The minimum Gasteiger partial charge on any atom is -0.494 e. The second-order valence-corrected chi connectivity index (χ2v) is 5.93. The van der Waals surface area contributed by atoms with Crippen molar-refractivity contribution in [2.45, 2.75) is 26.7 Å². The molecular formula is C20H26N2O2S. The van der Waals surface area contributed by atoms with Crippen LogP contribution >= 0.6 is 12.2 Å². The molecule has 0 aromatic heterocycles. The number of hydrogen-bond acceptors (Lipinski definition) is 3. The fourth-order valence-corrected chi connectivity index (χ4v) is 2.61. The van der Waals surface area contributed by atoms with E-state index in [1.165, 1.54) is 5.56 Å². The third-order valence-corrected chi connectivity index (χ3v) is 3.83. The van der Waals surface area contributed by atoms with Gasteiger partial charge in [0.05, 0.1) is 13.2 Å². The second-order valence-electron chi connectivity index (χ2n) is 5.52. The summed E-state index contributed by atoms with van der Waals surface area (Å²) in [5, 5.41) is 7.05. The monoisotopic (exact) mass is 358 g/mol. The highest BCUT2D eigenvalue weighted by Crippen LogP contribution is 2.15. The Kier molecular flexibility index (Phi) is 8.05. The highest BCUT2D eigenvalue weighted by molar-refractivity contribution is 7.80. The Bertz CT molecular complexity index is 642. The first-order valence-electron chi connectivity index (χ1n) is 8.70. The van der Waals surface area contributed by atoms with Crippen LogP contribution in [0.5, 0.6) is 11.5 Å². The Morgan fingerprint density at radius 1 is 0.880 bits per heavy atom. The molecule has 0 spiro atoms. The minimum atomic E-state index is 0.635. The third-order valence-electron chi connectivity index (χ3n) is 3.59. The fraction of sp³-hybridized carbons (Fsp3) is 0.350. The van der Waals surface area contributed by atoms with E-state index in [9.17, 15) is 0 Å². The van der Waals surface area contributed by atoms with Gasteiger partial charge >= 0.3 is 0 Å². The number of ether oxygens (including phenoxy) is 2. The molecule has 0 atom stereocenters. The predicted octanol–water partition coefficient (Wildman–Crippen LogP) is 4.40. The molecule has 0 amide bonds. The molecule has 2 N–H and O–H groups in total. The number of anilines is 1. The number of thiocarbonyl (C=S) groups is 1. The maximum atomic E-state index is 5.45. The van der Waals surface area contributed by atoms with E-state index in [0.717, 1.165) is 36.6 Å². The van der Waals surface area contributed by atoms with Gasteiger partial charge in [-0.3, -0.25) is 0 Å². The Morgan fingerprint density at radius 2 is 1.44 bits per heavy atom. The lowest BCUT2D eigenvalue weighted by atomic mass is 10.1. The molecule has 0 bridgehead atoms. The van der Waals surface area contributed by atoms with E-state index in [1.54, 1.807) is 0 Å². The first-order valence-corrected chi connectivity index (χ1v) is 9.11. The number of rotatable bonds is 9. The first-order chi connectivity index (χ1) is 12.2. The lowest BCUT2D eigenvalue weighted by Crippen LogP contribution is -2.29. The molecule has 0 aliphatic carbocycles. The average Bonchev–Trinajstić information content (AvgIpc) is 2.62. The third kappa shape index (κ3) is 7.01. The van der Waals surface area contributed by atoms with E-state index in [4.69, 9.17) is 21.7 Å². The lowest BCUT2D eigenvalue weighted by molar-refractivity contribution is 0.340. The van der Waals surface area contributed by atoms with Crippen LogP contribution in [0.2, 0.25) is 0 Å². The van der Waals surface area contributed by atoms with Gasteiger partial charge in [-0.1, -0.05) is 12.1 Å². The molecule has 2 rings (SSSR count). The molecule has 2 aromatic carbocycles. The van der Waals surface area contributed by atoms with Crippen molar-refractivity contribution in [1.29, 1.82) is 0 Å². The standard InChI is InChI=1S/C20H26N2O2S/c1-3-23-18-11-7-16(8-12-18)6-5-15-21-20(25)22-17-9-13-19(14-10-17)24-4-2/h7-14H,3-6,15H2,1-2H3,(H2,21,22,25).